The van der Waals surface area contributed by atoms with E-state index in [9.17, 15) is 0 Å². The van der Waals surface area contributed by atoms with E-state index in [-0.39, 0.29) is 0 Å². The second-order valence-electron chi connectivity index (χ2n) is 4.09. The summed E-state index contributed by atoms with van der Waals surface area (Å²) in [6, 6.07) is 15.2. The van der Waals surface area contributed by atoms with Crippen LogP contribution in [-0.4, -0.2) is 13.2 Å². The zero-order chi connectivity index (χ0) is 14.4. The van der Waals surface area contributed by atoms with Crippen LogP contribution in [0.4, 0.5) is 11.4 Å². The van der Waals surface area contributed by atoms with Gasteiger partial charge in [0.15, 0.2) is 0 Å². The van der Waals surface area contributed by atoms with Gasteiger partial charge in [0.1, 0.15) is 18.4 Å². The molecule has 0 radical (unpaired) electrons. The molecule has 20 heavy (non-hydrogen) atoms. The highest BCUT2D eigenvalue weighted by Gasteiger charge is 2.04. The summed E-state index contributed by atoms with van der Waals surface area (Å²) in [6.07, 6.45) is 0. The molecule has 0 saturated heterocycles. The van der Waals surface area contributed by atoms with Crippen molar-refractivity contribution in [2.75, 3.05) is 18.5 Å². The standard InChI is InChI=1S/C15H14BrN3O/c16-12-4-5-15(11(8-12)10-18)19-13-2-1-3-14(9-13)20-7-6-17/h1-5,8-9,19H,6-7,17H2. The summed E-state index contributed by atoms with van der Waals surface area (Å²) in [7, 11) is 0. The number of nitrogens with zero attached hydrogens (tertiary/aromatic N) is 1. The summed E-state index contributed by atoms with van der Waals surface area (Å²) in [6.45, 7) is 0.953. The third kappa shape index (κ3) is 3.73. The first-order valence-electron chi connectivity index (χ1n) is 6.12. The van der Waals surface area contributed by atoms with Gasteiger partial charge in [-0.1, -0.05) is 22.0 Å². The average Bonchev–Trinajstić information content (AvgIpc) is 2.47. The average molecular weight is 332 g/mol. The molecule has 0 aliphatic heterocycles. The molecule has 0 saturated carbocycles. The van der Waals surface area contributed by atoms with Crippen LogP contribution in [-0.2, 0) is 0 Å². The van der Waals surface area contributed by atoms with Crippen molar-refractivity contribution in [3.05, 3.63) is 52.5 Å². The van der Waals surface area contributed by atoms with Crippen LogP contribution in [0.25, 0.3) is 0 Å². The van der Waals surface area contributed by atoms with Crippen molar-refractivity contribution in [3.63, 3.8) is 0 Å². The van der Waals surface area contributed by atoms with E-state index in [0.717, 1.165) is 21.6 Å². The zero-order valence-corrected chi connectivity index (χ0v) is 12.4. The molecular weight excluding hydrogens is 318 g/mol. The lowest BCUT2D eigenvalue weighted by atomic mass is 10.2. The van der Waals surface area contributed by atoms with Crippen molar-refractivity contribution < 1.29 is 4.74 Å². The SMILES string of the molecule is N#Cc1cc(Br)ccc1Nc1cccc(OCCN)c1. The molecule has 0 spiro atoms. The summed E-state index contributed by atoms with van der Waals surface area (Å²) < 4.78 is 6.35. The molecule has 2 rings (SSSR count). The van der Waals surface area contributed by atoms with Crippen LogP contribution in [0.5, 0.6) is 5.75 Å². The van der Waals surface area contributed by atoms with Gasteiger partial charge in [-0.05, 0) is 30.3 Å². The van der Waals surface area contributed by atoms with Gasteiger partial charge in [-0.3, -0.25) is 0 Å². The van der Waals surface area contributed by atoms with E-state index in [2.05, 4.69) is 27.3 Å². The van der Waals surface area contributed by atoms with Crippen LogP contribution >= 0.6 is 15.9 Å². The molecule has 102 valence electrons. The van der Waals surface area contributed by atoms with Crippen LogP contribution in [0.15, 0.2) is 46.9 Å². The quantitative estimate of drug-likeness (QED) is 0.880. The summed E-state index contributed by atoms with van der Waals surface area (Å²) in [4.78, 5) is 0. The monoisotopic (exact) mass is 331 g/mol. The topological polar surface area (TPSA) is 71.1 Å². The Bertz CT molecular complexity index is 637. The largest absolute Gasteiger partial charge is 0.492 e. The van der Waals surface area contributed by atoms with E-state index >= 15 is 0 Å². The Labute approximate surface area is 126 Å². The first-order valence-corrected chi connectivity index (χ1v) is 6.92. The molecule has 0 aliphatic carbocycles. The maximum atomic E-state index is 9.14. The lowest BCUT2D eigenvalue weighted by Gasteiger charge is -2.10. The molecule has 5 heteroatoms. The highest BCUT2D eigenvalue weighted by atomic mass is 79.9. The van der Waals surface area contributed by atoms with Gasteiger partial charge in [0.25, 0.3) is 0 Å². The van der Waals surface area contributed by atoms with Gasteiger partial charge < -0.3 is 15.8 Å². The molecule has 4 nitrogen and oxygen atoms in total. The number of hydrogen-bond donors (Lipinski definition) is 2. The Morgan fingerprint density at radius 2 is 2.10 bits per heavy atom. The van der Waals surface area contributed by atoms with E-state index in [1.165, 1.54) is 0 Å². The number of benzene rings is 2. The van der Waals surface area contributed by atoms with Crippen molar-refractivity contribution in [1.29, 1.82) is 5.26 Å². The number of nitrogens with two attached hydrogens (primary N) is 1. The highest BCUT2D eigenvalue weighted by Crippen LogP contribution is 2.25. The summed E-state index contributed by atoms with van der Waals surface area (Å²) in [5.74, 6) is 0.746. The Hall–Kier alpha value is -2.03. The molecule has 2 aromatic carbocycles. The van der Waals surface area contributed by atoms with Crippen molar-refractivity contribution in [1.82, 2.24) is 0 Å². The van der Waals surface area contributed by atoms with Crippen molar-refractivity contribution in [2.45, 2.75) is 0 Å². The first kappa shape index (κ1) is 14.4. The lowest BCUT2D eigenvalue weighted by Crippen LogP contribution is -2.10. The Kier molecular flexibility index (Phi) is 4.99. The second kappa shape index (κ2) is 6.94. The van der Waals surface area contributed by atoms with E-state index in [1.807, 2.05) is 36.4 Å². The van der Waals surface area contributed by atoms with Crippen molar-refractivity contribution >= 4 is 27.3 Å². The Balaban J connectivity index is 2.20. The molecule has 0 bridgehead atoms. The van der Waals surface area contributed by atoms with Crippen molar-refractivity contribution in [2.24, 2.45) is 5.73 Å². The van der Waals surface area contributed by atoms with Gasteiger partial charge in [-0.2, -0.15) is 5.26 Å². The van der Waals surface area contributed by atoms with Crippen LogP contribution in [0, 0.1) is 11.3 Å². The molecular formula is C15H14BrN3O. The summed E-state index contributed by atoms with van der Waals surface area (Å²) >= 11 is 3.35. The number of halogens is 1. The predicted octanol–water partition coefficient (Wildman–Crippen LogP) is 3.40. The third-order valence-corrected chi connectivity index (χ3v) is 3.09. The fourth-order valence-corrected chi connectivity index (χ4v) is 2.07. The molecule has 0 fully saturated rings. The van der Waals surface area contributed by atoms with E-state index < -0.39 is 0 Å². The smallest absolute Gasteiger partial charge is 0.121 e. The Morgan fingerprint density at radius 3 is 2.85 bits per heavy atom. The molecule has 0 heterocycles. The number of anilines is 2. The molecule has 0 aromatic heterocycles. The van der Waals surface area contributed by atoms with Gasteiger partial charge in [0, 0.05) is 22.8 Å². The minimum absolute atomic E-state index is 0.475. The fourth-order valence-electron chi connectivity index (χ4n) is 1.71. The van der Waals surface area contributed by atoms with E-state index in [0.29, 0.717) is 18.7 Å². The number of nitrogens with one attached hydrogen (secondary N) is 1. The van der Waals surface area contributed by atoms with Gasteiger partial charge >= 0.3 is 0 Å². The number of ether oxygens (including phenoxy) is 1. The van der Waals surface area contributed by atoms with Crippen LogP contribution < -0.4 is 15.8 Å². The maximum absolute atomic E-state index is 9.14. The minimum atomic E-state index is 0.475. The van der Waals surface area contributed by atoms with E-state index in [4.69, 9.17) is 15.7 Å². The second-order valence-corrected chi connectivity index (χ2v) is 5.01. The number of hydrogen-bond acceptors (Lipinski definition) is 4. The van der Waals surface area contributed by atoms with Crippen LogP contribution in [0.1, 0.15) is 5.56 Å². The molecule has 0 atom stereocenters. The lowest BCUT2D eigenvalue weighted by molar-refractivity contribution is 0.328. The number of nitriles is 1. The fraction of sp³-hybridized carbons (Fsp3) is 0.133. The predicted molar refractivity (Wildman–Crippen MR) is 83.1 cm³/mol. The van der Waals surface area contributed by atoms with Gasteiger partial charge in [-0.25, -0.2) is 0 Å². The normalized spacial score (nSPS) is 9.85. The maximum Gasteiger partial charge on any atom is 0.121 e. The molecule has 0 amide bonds. The highest BCUT2D eigenvalue weighted by molar-refractivity contribution is 9.10. The molecule has 2 aromatic rings. The summed E-state index contributed by atoms with van der Waals surface area (Å²) in [5, 5.41) is 12.4. The minimum Gasteiger partial charge on any atom is -0.492 e. The summed E-state index contributed by atoms with van der Waals surface area (Å²) in [5.41, 5.74) is 7.60. The molecule has 0 unspecified atom stereocenters. The van der Waals surface area contributed by atoms with Crippen LogP contribution in [0.3, 0.4) is 0 Å². The number of rotatable bonds is 5. The van der Waals surface area contributed by atoms with Gasteiger partial charge in [0.05, 0.1) is 11.3 Å². The van der Waals surface area contributed by atoms with E-state index in [1.54, 1.807) is 6.07 Å². The molecule has 3 N–H and O–H groups in total. The van der Waals surface area contributed by atoms with Crippen LogP contribution in [0.2, 0.25) is 0 Å². The molecule has 0 aliphatic rings. The zero-order valence-electron chi connectivity index (χ0n) is 10.8. The van der Waals surface area contributed by atoms with Gasteiger partial charge in [-0.15, -0.1) is 0 Å². The third-order valence-electron chi connectivity index (χ3n) is 2.60. The first-order chi connectivity index (χ1) is 9.72. The van der Waals surface area contributed by atoms with Crippen molar-refractivity contribution in [3.8, 4) is 11.8 Å². The van der Waals surface area contributed by atoms with Gasteiger partial charge in [0.2, 0.25) is 0 Å². The Morgan fingerprint density at radius 1 is 1.25 bits per heavy atom.